The first-order valence-corrected chi connectivity index (χ1v) is 4.39. The Hall–Kier alpha value is -1.03. The second-order valence-corrected chi connectivity index (χ2v) is 3.39. The van der Waals surface area contributed by atoms with Crippen LogP contribution >= 0.6 is 0 Å². The van der Waals surface area contributed by atoms with Crippen molar-refractivity contribution in [2.45, 2.75) is 33.2 Å². The highest BCUT2D eigenvalue weighted by molar-refractivity contribution is 5.80. The van der Waals surface area contributed by atoms with Crippen LogP contribution in [0.15, 0.2) is 16.8 Å². The van der Waals surface area contributed by atoms with Crippen LogP contribution in [-0.2, 0) is 0 Å². The molecular formula is C9H19N3O. The second kappa shape index (κ2) is 6.48. The lowest BCUT2D eigenvalue weighted by molar-refractivity contribution is 0.316. The summed E-state index contributed by atoms with van der Waals surface area (Å²) in [7, 11) is 0. The number of oxime groups is 1. The third-order valence-electron chi connectivity index (χ3n) is 1.62. The lowest BCUT2D eigenvalue weighted by Crippen LogP contribution is -2.31. The standard InChI is InChI=1S/C9H19N3O/c1-7(2)4-5-11-8(3)6-9(10)12-13/h4,8,11,13H,5-6H2,1-3H3,(H2,10,12). The summed E-state index contributed by atoms with van der Waals surface area (Å²) in [6.45, 7) is 6.92. The minimum atomic E-state index is 0.228. The summed E-state index contributed by atoms with van der Waals surface area (Å²) < 4.78 is 0. The van der Waals surface area contributed by atoms with Gasteiger partial charge < -0.3 is 16.3 Å². The molecular weight excluding hydrogens is 166 g/mol. The number of hydrogen-bond donors (Lipinski definition) is 3. The molecule has 13 heavy (non-hydrogen) atoms. The summed E-state index contributed by atoms with van der Waals surface area (Å²) in [4.78, 5) is 0. The molecule has 4 N–H and O–H groups in total. The van der Waals surface area contributed by atoms with Crippen molar-refractivity contribution in [3.8, 4) is 0 Å². The quantitative estimate of drug-likeness (QED) is 0.197. The van der Waals surface area contributed by atoms with Crippen LogP contribution in [0, 0.1) is 0 Å². The first kappa shape index (κ1) is 12.0. The van der Waals surface area contributed by atoms with Gasteiger partial charge in [-0.1, -0.05) is 16.8 Å². The van der Waals surface area contributed by atoms with Gasteiger partial charge in [-0.05, 0) is 20.8 Å². The second-order valence-electron chi connectivity index (χ2n) is 3.39. The summed E-state index contributed by atoms with van der Waals surface area (Å²) >= 11 is 0. The minimum Gasteiger partial charge on any atom is -0.409 e. The monoisotopic (exact) mass is 185 g/mol. The van der Waals surface area contributed by atoms with E-state index in [0.717, 1.165) is 6.54 Å². The molecule has 4 heteroatoms. The smallest absolute Gasteiger partial charge is 0.140 e. The Bertz CT molecular complexity index is 195. The Balaban J connectivity index is 3.63. The zero-order chi connectivity index (χ0) is 10.3. The van der Waals surface area contributed by atoms with E-state index in [1.165, 1.54) is 5.57 Å². The van der Waals surface area contributed by atoms with Gasteiger partial charge in [0.25, 0.3) is 0 Å². The molecule has 0 rings (SSSR count). The van der Waals surface area contributed by atoms with Crippen molar-refractivity contribution in [2.75, 3.05) is 6.54 Å². The molecule has 0 saturated heterocycles. The largest absolute Gasteiger partial charge is 0.409 e. The Morgan fingerprint density at radius 3 is 2.69 bits per heavy atom. The molecule has 0 amide bonds. The molecule has 4 nitrogen and oxygen atoms in total. The van der Waals surface area contributed by atoms with Crippen molar-refractivity contribution in [3.63, 3.8) is 0 Å². The van der Waals surface area contributed by atoms with Crippen LogP contribution in [0.1, 0.15) is 27.2 Å². The molecule has 0 heterocycles. The molecule has 0 fully saturated rings. The van der Waals surface area contributed by atoms with Crippen molar-refractivity contribution >= 4 is 5.84 Å². The molecule has 0 aromatic heterocycles. The highest BCUT2D eigenvalue weighted by atomic mass is 16.4. The molecule has 0 saturated carbocycles. The van der Waals surface area contributed by atoms with Gasteiger partial charge in [-0.2, -0.15) is 0 Å². The number of amidine groups is 1. The van der Waals surface area contributed by atoms with Crippen molar-refractivity contribution < 1.29 is 5.21 Å². The number of nitrogens with one attached hydrogen (secondary N) is 1. The van der Waals surface area contributed by atoms with Gasteiger partial charge in [-0.3, -0.25) is 0 Å². The molecule has 0 radical (unpaired) electrons. The van der Waals surface area contributed by atoms with Crippen molar-refractivity contribution in [2.24, 2.45) is 10.9 Å². The van der Waals surface area contributed by atoms with Gasteiger partial charge in [0, 0.05) is 19.0 Å². The third kappa shape index (κ3) is 7.33. The van der Waals surface area contributed by atoms with E-state index in [2.05, 4.69) is 30.4 Å². The molecule has 0 aromatic rings. The predicted molar refractivity (Wildman–Crippen MR) is 54.9 cm³/mol. The fourth-order valence-electron chi connectivity index (χ4n) is 0.891. The number of allylic oxidation sites excluding steroid dienone is 1. The summed E-state index contributed by atoms with van der Waals surface area (Å²) in [5.41, 5.74) is 6.63. The molecule has 1 atom stereocenters. The lowest BCUT2D eigenvalue weighted by Gasteiger charge is -2.10. The normalized spacial score (nSPS) is 13.9. The summed E-state index contributed by atoms with van der Waals surface area (Å²) in [5.74, 6) is 0.261. The molecule has 0 spiro atoms. The Morgan fingerprint density at radius 1 is 1.62 bits per heavy atom. The first-order chi connectivity index (χ1) is 6.06. The molecule has 0 aliphatic rings. The molecule has 0 aliphatic heterocycles. The van der Waals surface area contributed by atoms with Gasteiger partial charge in [-0.25, -0.2) is 0 Å². The lowest BCUT2D eigenvalue weighted by atomic mass is 10.2. The Labute approximate surface area is 79.5 Å². The topological polar surface area (TPSA) is 70.6 Å². The Morgan fingerprint density at radius 2 is 2.23 bits per heavy atom. The van der Waals surface area contributed by atoms with Crippen LogP contribution in [0.4, 0.5) is 0 Å². The van der Waals surface area contributed by atoms with Crippen LogP contribution in [-0.4, -0.2) is 23.6 Å². The number of hydrogen-bond acceptors (Lipinski definition) is 3. The van der Waals surface area contributed by atoms with E-state index in [9.17, 15) is 0 Å². The van der Waals surface area contributed by atoms with Crippen LogP contribution in [0.5, 0.6) is 0 Å². The zero-order valence-corrected chi connectivity index (χ0v) is 8.54. The SMILES string of the molecule is CC(C)=CCNC(C)C/C(N)=N/O. The van der Waals surface area contributed by atoms with Gasteiger partial charge in [0.1, 0.15) is 5.84 Å². The van der Waals surface area contributed by atoms with E-state index >= 15 is 0 Å². The van der Waals surface area contributed by atoms with Crippen LogP contribution in [0.25, 0.3) is 0 Å². The van der Waals surface area contributed by atoms with E-state index in [1.807, 2.05) is 6.92 Å². The number of rotatable bonds is 5. The third-order valence-corrected chi connectivity index (χ3v) is 1.62. The fraction of sp³-hybridized carbons (Fsp3) is 0.667. The van der Waals surface area contributed by atoms with Crippen LogP contribution in [0.3, 0.4) is 0 Å². The van der Waals surface area contributed by atoms with Gasteiger partial charge in [0.15, 0.2) is 0 Å². The molecule has 76 valence electrons. The number of nitrogens with zero attached hydrogens (tertiary/aromatic N) is 1. The fourth-order valence-corrected chi connectivity index (χ4v) is 0.891. The number of nitrogens with two attached hydrogens (primary N) is 1. The first-order valence-electron chi connectivity index (χ1n) is 4.39. The van der Waals surface area contributed by atoms with Gasteiger partial charge >= 0.3 is 0 Å². The summed E-state index contributed by atoms with van der Waals surface area (Å²) in [6, 6.07) is 0.228. The van der Waals surface area contributed by atoms with E-state index in [-0.39, 0.29) is 11.9 Å². The predicted octanol–water partition coefficient (Wildman–Crippen LogP) is 1.07. The maximum Gasteiger partial charge on any atom is 0.140 e. The molecule has 0 aromatic carbocycles. The molecule has 1 unspecified atom stereocenters. The van der Waals surface area contributed by atoms with E-state index in [0.29, 0.717) is 6.42 Å². The average Bonchev–Trinajstić information content (AvgIpc) is 2.03. The van der Waals surface area contributed by atoms with E-state index in [1.54, 1.807) is 0 Å². The molecule has 0 bridgehead atoms. The van der Waals surface area contributed by atoms with Gasteiger partial charge in [0.2, 0.25) is 0 Å². The van der Waals surface area contributed by atoms with E-state index in [4.69, 9.17) is 10.9 Å². The molecule has 0 aliphatic carbocycles. The van der Waals surface area contributed by atoms with Crippen molar-refractivity contribution in [1.82, 2.24) is 5.32 Å². The van der Waals surface area contributed by atoms with Gasteiger partial charge in [-0.15, -0.1) is 0 Å². The van der Waals surface area contributed by atoms with Crippen LogP contribution in [0.2, 0.25) is 0 Å². The summed E-state index contributed by atoms with van der Waals surface area (Å²) in [6.07, 6.45) is 2.66. The Kier molecular flexibility index (Phi) is 5.97. The maximum absolute atomic E-state index is 8.32. The average molecular weight is 185 g/mol. The minimum absolute atomic E-state index is 0.228. The van der Waals surface area contributed by atoms with Crippen LogP contribution < -0.4 is 11.1 Å². The van der Waals surface area contributed by atoms with Crippen molar-refractivity contribution in [3.05, 3.63) is 11.6 Å². The zero-order valence-electron chi connectivity index (χ0n) is 8.54. The van der Waals surface area contributed by atoms with Gasteiger partial charge in [0.05, 0.1) is 0 Å². The highest BCUT2D eigenvalue weighted by Crippen LogP contribution is 1.91. The summed E-state index contributed by atoms with van der Waals surface area (Å²) in [5, 5.41) is 14.5. The maximum atomic E-state index is 8.32. The van der Waals surface area contributed by atoms with E-state index < -0.39 is 0 Å². The highest BCUT2D eigenvalue weighted by Gasteiger charge is 2.02. The van der Waals surface area contributed by atoms with Crippen molar-refractivity contribution in [1.29, 1.82) is 0 Å².